The van der Waals surface area contributed by atoms with Crippen molar-refractivity contribution < 1.29 is 14.7 Å². The number of amides is 1. The number of hydrogen-bond acceptors (Lipinski definition) is 2. The molecule has 4 heteroatoms. The highest BCUT2D eigenvalue weighted by Crippen LogP contribution is 2.25. The lowest BCUT2D eigenvalue weighted by atomic mass is 9.84. The molecule has 0 aromatic heterocycles. The van der Waals surface area contributed by atoms with Crippen molar-refractivity contribution in [3.63, 3.8) is 0 Å². The highest BCUT2D eigenvalue weighted by molar-refractivity contribution is 5.83. The van der Waals surface area contributed by atoms with Crippen molar-refractivity contribution >= 4 is 11.9 Å². The molecule has 0 aliphatic carbocycles. The molecule has 2 unspecified atom stereocenters. The first-order valence-corrected chi connectivity index (χ1v) is 7.18. The summed E-state index contributed by atoms with van der Waals surface area (Å²) < 4.78 is 0. The van der Waals surface area contributed by atoms with Gasteiger partial charge in [0.2, 0.25) is 5.91 Å². The van der Waals surface area contributed by atoms with Gasteiger partial charge in [0, 0.05) is 6.42 Å². The van der Waals surface area contributed by atoms with Gasteiger partial charge in [0.15, 0.2) is 0 Å². The second kappa shape index (κ2) is 8.18. The third kappa shape index (κ3) is 9.51. The number of carboxylic acid groups (broad SMARTS) is 1. The third-order valence-corrected chi connectivity index (χ3v) is 2.97. The molecule has 0 aromatic carbocycles. The summed E-state index contributed by atoms with van der Waals surface area (Å²) in [5, 5.41) is 11.7. The molecule has 112 valence electrons. The van der Waals surface area contributed by atoms with E-state index in [9.17, 15) is 9.59 Å². The van der Waals surface area contributed by atoms with Crippen molar-refractivity contribution in [2.75, 3.05) is 0 Å². The van der Waals surface area contributed by atoms with Crippen LogP contribution < -0.4 is 5.32 Å². The number of carboxylic acids is 1. The molecule has 0 rings (SSSR count). The fraction of sp³-hybridized carbons (Fsp3) is 0.867. The fourth-order valence-electron chi connectivity index (χ4n) is 2.35. The molecule has 0 aliphatic rings. The van der Waals surface area contributed by atoms with Gasteiger partial charge in [-0.15, -0.1) is 0 Å². The first-order chi connectivity index (χ1) is 8.65. The van der Waals surface area contributed by atoms with Crippen molar-refractivity contribution in [2.24, 2.45) is 11.3 Å². The van der Waals surface area contributed by atoms with Gasteiger partial charge in [0.25, 0.3) is 0 Å². The molecule has 2 atom stereocenters. The first-order valence-electron chi connectivity index (χ1n) is 7.18. The molecule has 0 heterocycles. The lowest BCUT2D eigenvalue weighted by molar-refractivity contribution is -0.142. The highest BCUT2D eigenvalue weighted by atomic mass is 16.4. The molecular weight excluding hydrogens is 242 g/mol. The maximum absolute atomic E-state index is 11.8. The van der Waals surface area contributed by atoms with Gasteiger partial charge in [-0.05, 0) is 24.2 Å². The van der Waals surface area contributed by atoms with E-state index in [4.69, 9.17) is 5.11 Å². The van der Waals surface area contributed by atoms with Crippen LogP contribution in [0.15, 0.2) is 0 Å². The van der Waals surface area contributed by atoms with Crippen molar-refractivity contribution in [1.82, 2.24) is 5.32 Å². The molecule has 0 aromatic rings. The molecule has 1 amide bonds. The number of carbonyl (C=O) groups is 2. The molecule has 0 spiro atoms. The Morgan fingerprint density at radius 2 is 1.84 bits per heavy atom. The predicted octanol–water partition coefficient (Wildman–Crippen LogP) is 3.21. The topological polar surface area (TPSA) is 66.4 Å². The monoisotopic (exact) mass is 271 g/mol. The second-order valence-electron chi connectivity index (χ2n) is 6.67. The molecule has 0 saturated heterocycles. The van der Waals surface area contributed by atoms with Crippen molar-refractivity contribution in [3.05, 3.63) is 0 Å². The second-order valence-corrected chi connectivity index (χ2v) is 6.67. The van der Waals surface area contributed by atoms with Crippen LogP contribution in [0.25, 0.3) is 0 Å². The van der Waals surface area contributed by atoms with Gasteiger partial charge in [-0.3, -0.25) is 4.79 Å². The highest BCUT2D eigenvalue weighted by Gasteiger charge is 2.22. The first kappa shape index (κ1) is 17.9. The Kier molecular flexibility index (Phi) is 7.72. The number of unbranched alkanes of at least 4 members (excludes halogenated alkanes) is 1. The van der Waals surface area contributed by atoms with Crippen molar-refractivity contribution in [2.45, 2.75) is 72.8 Å². The average Bonchev–Trinajstić information content (AvgIpc) is 2.20. The Balaban J connectivity index is 4.22. The molecule has 0 bridgehead atoms. The van der Waals surface area contributed by atoms with E-state index in [0.29, 0.717) is 12.8 Å². The summed E-state index contributed by atoms with van der Waals surface area (Å²) in [7, 11) is 0. The van der Waals surface area contributed by atoms with E-state index < -0.39 is 12.0 Å². The maximum Gasteiger partial charge on any atom is 0.326 e. The Morgan fingerprint density at radius 3 is 2.26 bits per heavy atom. The minimum atomic E-state index is -0.940. The zero-order valence-corrected chi connectivity index (χ0v) is 13.0. The van der Waals surface area contributed by atoms with Crippen LogP contribution in [0.1, 0.15) is 66.7 Å². The smallest absolute Gasteiger partial charge is 0.326 e. The van der Waals surface area contributed by atoms with E-state index >= 15 is 0 Å². The van der Waals surface area contributed by atoms with Gasteiger partial charge in [-0.25, -0.2) is 4.79 Å². The molecule has 4 nitrogen and oxygen atoms in total. The van der Waals surface area contributed by atoms with E-state index in [1.165, 1.54) is 0 Å². The van der Waals surface area contributed by atoms with Crippen molar-refractivity contribution in [1.29, 1.82) is 0 Å². The summed E-state index contributed by atoms with van der Waals surface area (Å²) in [5.41, 5.74) is 0.189. The SMILES string of the molecule is CCCCC(NC(=O)CC(C)CC(C)(C)C)C(=O)O. The summed E-state index contributed by atoms with van der Waals surface area (Å²) >= 11 is 0. The van der Waals surface area contributed by atoms with Crippen LogP contribution in [0.5, 0.6) is 0 Å². The van der Waals surface area contributed by atoms with Crippen LogP contribution in [-0.2, 0) is 9.59 Å². The summed E-state index contributed by atoms with van der Waals surface area (Å²) in [6, 6.07) is -0.741. The van der Waals surface area contributed by atoms with Gasteiger partial charge >= 0.3 is 5.97 Å². The summed E-state index contributed by atoms with van der Waals surface area (Å²) in [5.74, 6) is -0.828. The largest absolute Gasteiger partial charge is 0.480 e. The molecular formula is C15H29NO3. The van der Waals surface area contributed by atoms with E-state index in [0.717, 1.165) is 19.3 Å². The summed E-state index contributed by atoms with van der Waals surface area (Å²) in [4.78, 5) is 22.9. The lowest BCUT2D eigenvalue weighted by Crippen LogP contribution is -2.41. The van der Waals surface area contributed by atoms with E-state index in [2.05, 4.69) is 26.1 Å². The molecule has 19 heavy (non-hydrogen) atoms. The van der Waals surface area contributed by atoms with Gasteiger partial charge in [0.05, 0.1) is 0 Å². The number of aliphatic carboxylic acids is 1. The molecule has 0 aliphatic heterocycles. The van der Waals surface area contributed by atoms with Crippen LogP contribution in [0.3, 0.4) is 0 Å². The number of nitrogens with one attached hydrogen (secondary N) is 1. The minimum absolute atomic E-state index is 0.153. The Hall–Kier alpha value is -1.06. The van der Waals surface area contributed by atoms with Crippen LogP contribution in [-0.4, -0.2) is 23.0 Å². The van der Waals surface area contributed by atoms with Crippen LogP contribution in [0.4, 0.5) is 0 Å². The third-order valence-electron chi connectivity index (χ3n) is 2.97. The summed E-state index contributed by atoms with van der Waals surface area (Å²) in [6.45, 7) is 10.5. The molecule has 0 fully saturated rings. The zero-order chi connectivity index (χ0) is 15.1. The normalized spacial score (nSPS) is 14.8. The Bertz CT molecular complexity index is 294. The van der Waals surface area contributed by atoms with E-state index in [-0.39, 0.29) is 17.2 Å². The van der Waals surface area contributed by atoms with E-state index in [1.54, 1.807) is 0 Å². The van der Waals surface area contributed by atoms with Crippen LogP contribution in [0.2, 0.25) is 0 Å². The molecule has 0 radical (unpaired) electrons. The Labute approximate surface area is 117 Å². The summed E-state index contributed by atoms with van der Waals surface area (Å²) in [6.07, 6.45) is 3.60. The predicted molar refractivity (Wildman–Crippen MR) is 76.9 cm³/mol. The van der Waals surface area contributed by atoms with Crippen molar-refractivity contribution in [3.8, 4) is 0 Å². The number of rotatable bonds is 8. The van der Waals surface area contributed by atoms with Gasteiger partial charge in [0.1, 0.15) is 6.04 Å². The van der Waals surface area contributed by atoms with Gasteiger partial charge in [-0.1, -0.05) is 47.5 Å². The minimum Gasteiger partial charge on any atom is -0.480 e. The maximum atomic E-state index is 11.8. The van der Waals surface area contributed by atoms with E-state index in [1.807, 2.05) is 13.8 Å². The van der Waals surface area contributed by atoms with Crippen LogP contribution >= 0.6 is 0 Å². The average molecular weight is 271 g/mol. The van der Waals surface area contributed by atoms with Gasteiger partial charge < -0.3 is 10.4 Å². The standard InChI is InChI=1S/C15H29NO3/c1-6-7-8-12(14(18)19)16-13(17)9-11(2)10-15(3,4)5/h11-12H,6-10H2,1-5H3,(H,16,17)(H,18,19). The Morgan fingerprint density at radius 1 is 1.26 bits per heavy atom. The fourth-order valence-corrected chi connectivity index (χ4v) is 2.35. The molecule has 2 N–H and O–H groups in total. The van der Waals surface area contributed by atoms with Crippen LogP contribution in [0, 0.1) is 11.3 Å². The molecule has 0 saturated carbocycles. The number of hydrogen-bond donors (Lipinski definition) is 2. The quantitative estimate of drug-likeness (QED) is 0.712. The van der Waals surface area contributed by atoms with Gasteiger partial charge in [-0.2, -0.15) is 0 Å². The lowest BCUT2D eigenvalue weighted by Gasteiger charge is -2.23. The zero-order valence-electron chi connectivity index (χ0n) is 13.0. The number of carbonyl (C=O) groups excluding carboxylic acids is 1.